The van der Waals surface area contributed by atoms with Crippen LogP contribution in [0.25, 0.3) is 0 Å². The molecule has 1 aromatic carbocycles. The van der Waals surface area contributed by atoms with Gasteiger partial charge in [-0.15, -0.1) is 0 Å². The van der Waals surface area contributed by atoms with Crippen molar-refractivity contribution in [2.75, 3.05) is 12.3 Å². The van der Waals surface area contributed by atoms with Gasteiger partial charge in [-0.25, -0.2) is 0 Å². The predicted molar refractivity (Wildman–Crippen MR) is 75.4 cm³/mol. The van der Waals surface area contributed by atoms with Crippen molar-refractivity contribution in [3.05, 3.63) is 54.4 Å². The van der Waals surface area contributed by atoms with E-state index in [4.69, 9.17) is 16.3 Å². The SMILES string of the molecule is NNC(COc1ccccc1)Cc1cnccc1N. The molecule has 2 aromatic rings. The minimum Gasteiger partial charge on any atom is -0.492 e. The van der Waals surface area contributed by atoms with Crippen LogP contribution in [0.2, 0.25) is 0 Å². The van der Waals surface area contributed by atoms with Crippen LogP contribution in [0.15, 0.2) is 48.8 Å². The number of hydrazine groups is 1. The Hall–Kier alpha value is -2.11. The number of hydrogen-bond acceptors (Lipinski definition) is 5. The van der Waals surface area contributed by atoms with Crippen LogP contribution in [-0.4, -0.2) is 17.6 Å². The van der Waals surface area contributed by atoms with E-state index in [1.54, 1.807) is 18.5 Å². The van der Waals surface area contributed by atoms with Gasteiger partial charge in [0.1, 0.15) is 12.4 Å². The summed E-state index contributed by atoms with van der Waals surface area (Å²) in [7, 11) is 0. The number of benzene rings is 1. The number of hydrogen-bond donors (Lipinski definition) is 3. The van der Waals surface area contributed by atoms with E-state index >= 15 is 0 Å². The predicted octanol–water partition coefficient (Wildman–Crippen LogP) is 1.12. The largest absolute Gasteiger partial charge is 0.492 e. The maximum absolute atomic E-state index is 5.88. The van der Waals surface area contributed by atoms with Crippen molar-refractivity contribution in [3.8, 4) is 5.75 Å². The second-order valence-corrected chi connectivity index (χ2v) is 4.27. The molecule has 100 valence electrons. The van der Waals surface area contributed by atoms with E-state index in [2.05, 4.69) is 10.4 Å². The molecular formula is C14H18N4O. The summed E-state index contributed by atoms with van der Waals surface area (Å²) < 4.78 is 5.67. The van der Waals surface area contributed by atoms with E-state index in [1.165, 1.54) is 0 Å². The number of aromatic nitrogens is 1. The van der Waals surface area contributed by atoms with Gasteiger partial charge >= 0.3 is 0 Å². The monoisotopic (exact) mass is 258 g/mol. The van der Waals surface area contributed by atoms with Crippen molar-refractivity contribution in [2.24, 2.45) is 5.84 Å². The van der Waals surface area contributed by atoms with Crippen molar-refractivity contribution in [1.82, 2.24) is 10.4 Å². The average Bonchev–Trinajstić information content (AvgIpc) is 2.46. The van der Waals surface area contributed by atoms with E-state index in [1.807, 2.05) is 30.3 Å². The topological polar surface area (TPSA) is 86.2 Å². The Morgan fingerprint density at radius 3 is 2.68 bits per heavy atom. The first-order valence-electron chi connectivity index (χ1n) is 6.12. The van der Waals surface area contributed by atoms with Gasteiger partial charge in [-0.1, -0.05) is 18.2 Å². The minimum atomic E-state index is -0.0216. The number of anilines is 1. The smallest absolute Gasteiger partial charge is 0.119 e. The van der Waals surface area contributed by atoms with Gasteiger partial charge in [0.2, 0.25) is 0 Å². The van der Waals surface area contributed by atoms with E-state index in [0.717, 1.165) is 17.0 Å². The molecule has 5 nitrogen and oxygen atoms in total. The van der Waals surface area contributed by atoms with Crippen molar-refractivity contribution < 1.29 is 4.74 Å². The summed E-state index contributed by atoms with van der Waals surface area (Å²) in [6.45, 7) is 0.467. The molecule has 0 bridgehead atoms. The molecule has 19 heavy (non-hydrogen) atoms. The number of rotatable bonds is 6. The molecule has 0 aliphatic rings. The summed E-state index contributed by atoms with van der Waals surface area (Å²) in [6.07, 6.45) is 4.09. The lowest BCUT2D eigenvalue weighted by Crippen LogP contribution is -2.41. The van der Waals surface area contributed by atoms with E-state index < -0.39 is 0 Å². The highest BCUT2D eigenvalue weighted by Crippen LogP contribution is 2.13. The minimum absolute atomic E-state index is 0.0216. The van der Waals surface area contributed by atoms with E-state index in [9.17, 15) is 0 Å². The molecule has 0 saturated heterocycles. The lowest BCUT2D eigenvalue weighted by molar-refractivity contribution is 0.264. The van der Waals surface area contributed by atoms with Crippen LogP contribution >= 0.6 is 0 Å². The first-order chi connectivity index (χ1) is 9.29. The first-order valence-corrected chi connectivity index (χ1v) is 6.12. The summed E-state index contributed by atoms with van der Waals surface area (Å²) in [5.74, 6) is 6.36. The maximum atomic E-state index is 5.88. The summed E-state index contributed by atoms with van der Waals surface area (Å²) in [5, 5.41) is 0. The molecule has 5 N–H and O–H groups in total. The van der Waals surface area contributed by atoms with Gasteiger partial charge in [0.25, 0.3) is 0 Å². The molecule has 0 fully saturated rings. The average molecular weight is 258 g/mol. The molecule has 1 heterocycles. The Bertz CT molecular complexity index is 504. The van der Waals surface area contributed by atoms with Crippen LogP contribution in [0, 0.1) is 0 Å². The quantitative estimate of drug-likeness (QED) is 0.534. The number of para-hydroxylation sites is 1. The Balaban J connectivity index is 1.92. The molecule has 1 aromatic heterocycles. The summed E-state index contributed by atoms with van der Waals surface area (Å²) in [6, 6.07) is 11.4. The molecule has 0 radical (unpaired) electrons. The van der Waals surface area contributed by atoms with Crippen LogP contribution in [0.3, 0.4) is 0 Å². The number of nitrogen functional groups attached to an aromatic ring is 1. The third-order valence-corrected chi connectivity index (χ3v) is 2.84. The number of nitrogens with zero attached hydrogens (tertiary/aromatic N) is 1. The normalized spacial score (nSPS) is 12.1. The summed E-state index contributed by atoms with van der Waals surface area (Å²) >= 11 is 0. The molecule has 0 aliphatic heterocycles. The number of pyridine rings is 1. The number of nitrogens with one attached hydrogen (secondary N) is 1. The fourth-order valence-corrected chi connectivity index (χ4v) is 1.75. The lowest BCUT2D eigenvalue weighted by atomic mass is 10.1. The third kappa shape index (κ3) is 3.94. The molecular weight excluding hydrogens is 240 g/mol. The molecule has 0 amide bonds. The highest BCUT2D eigenvalue weighted by atomic mass is 16.5. The van der Waals surface area contributed by atoms with Gasteiger partial charge in [0.05, 0.1) is 6.04 Å². The second-order valence-electron chi connectivity index (χ2n) is 4.27. The fourth-order valence-electron chi connectivity index (χ4n) is 1.75. The Morgan fingerprint density at radius 1 is 1.21 bits per heavy atom. The van der Waals surface area contributed by atoms with Crippen LogP contribution in [0.5, 0.6) is 5.75 Å². The molecule has 0 saturated carbocycles. The summed E-state index contributed by atoms with van der Waals surface area (Å²) in [5.41, 5.74) is 10.3. The Morgan fingerprint density at radius 2 is 2.00 bits per heavy atom. The van der Waals surface area contributed by atoms with Gasteiger partial charge in [-0.05, 0) is 30.2 Å². The molecule has 5 heteroatoms. The molecule has 1 atom stereocenters. The molecule has 2 rings (SSSR count). The van der Waals surface area contributed by atoms with Gasteiger partial charge < -0.3 is 10.5 Å². The van der Waals surface area contributed by atoms with Crippen molar-refractivity contribution in [2.45, 2.75) is 12.5 Å². The maximum Gasteiger partial charge on any atom is 0.119 e. The highest BCUT2D eigenvalue weighted by Gasteiger charge is 2.10. The zero-order valence-corrected chi connectivity index (χ0v) is 10.6. The van der Waals surface area contributed by atoms with Crippen molar-refractivity contribution >= 4 is 5.69 Å². The van der Waals surface area contributed by atoms with Gasteiger partial charge in [-0.2, -0.15) is 0 Å². The van der Waals surface area contributed by atoms with Crippen LogP contribution in [0.1, 0.15) is 5.56 Å². The van der Waals surface area contributed by atoms with Crippen LogP contribution in [-0.2, 0) is 6.42 Å². The molecule has 0 aliphatic carbocycles. The van der Waals surface area contributed by atoms with Crippen LogP contribution in [0.4, 0.5) is 5.69 Å². The van der Waals surface area contributed by atoms with E-state index in [-0.39, 0.29) is 6.04 Å². The zero-order valence-electron chi connectivity index (χ0n) is 10.6. The van der Waals surface area contributed by atoms with Gasteiger partial charge in [0, 0.05) is 18.1 Å². The Kier molecular flexibility index (Phi) is 4.72. The second kappa shape index (κ2) is 6.72. The lowest BCUT2D eigenvalue weighted by Gasteiger charge is -2.17. The Labute approximate surface area is 112 Å². The fraction of sp³-hybridized carbons (Fsp3) is 0.214. The van der Waals surface area contributed by atoms with Gasteiger partial charge in [0.15, 0.2) is 0 Å². The van der Waals surface area contributed by atoms with Crippen molar-refractivity contribution in [1.29, 1.82) is 0 Å². The molecule has 1 unspecified atom stereocenters. The van der Waals surface area contributed by atoms with E-state index in [0.29, 0.717) is 13.0 Å². The number of ether oxygens (including phenoxy) is 1. The third-order valence-electron chi connectivity index (χ3n) is 2.84. The highest BCUT2D eigenvalue weighted by molar-refractivity contribution is 5.44. The zero-order chi connectivity index (χ0) is 13.5. The standard InChI is InChI=1S/C14H18N4O/c15-14-6-7-17-9-11(14)8-12(18-16)10-19-13-4-2-1-3-5-13/h1-7,9,12,18H,8,10,16H2,(H2,15,17). The van der Waals surface area contributed by atoms with Crippen LogP contribution < -0.4 is 21.7 Å². The summed E-state index contributed by atoms with van der Waals surface area (Å²) in [4.78, 5) is 4.06. The van der Waals surface area contributed by atoms with Crippen molar-refractivity contribution in [3.63, 3.8) is 0 Å². The first kappa shape index (κ1) is 13.3. The number of nitrogens with two attached hydrogens (primary N) is 2. The van der Waals surface area contributed by atoms with Gasteiger partial charge in [-0.3, -0.25) is 16.3 Å². The molecule has 0 spiro atoms.